The van der Waals surface area contributed by atoms with E-state index in [1.807, 2.05) is 24.3 Å². The highest BCUT2D eigenvalue weighted by Gasteiger charge is 2.48. The predicted octanol–water partition coefficient (Wildman–Crippen LogP) is 1.46. The van der Waals surface area contributed by atoms with Gasteiger partial charge in [-0.1, -0.05) is 12.1 Å². The molecule has 2 heterocycles. The molecule has 0 bridgehead atoms. The Morgan fingerprint density at radius 1 is 1.35 bits per heavy atom. The minimum Gasteiger partial charge on any atom is -0.497 e. The van der Waals surface area contributed by atoms with Gasteiger partial charge in [0.1, 0.15) is 11.3 Å². The van der Waals surface area contributed by atoms with Crippen LogP contribution < -0.4 is 10.5 Å². The van der Waals surface area contributed by atoms with Crippen molar-refractivity contribution < 1.29 is 9.53 Å². The van der Waals surface area contributed by atoms with E-state index in [0.29, 0.717) is 18.7 Å². The van der Waals surface area contributed by atoms with Crippen LogP contribution in [0, 0.1) is 0 Å². The Hall–Kier alpha value is -2.47. The Morgan fingerprint density at radius 3 is 2.74 bits per heavy atom. The third-order valence-electron chi connectivity index (χ3n) is 4.43. The summed E-state index contributed by atoms with van der Waals surface area (Å²) in [6.07, 6.45) is 6.40. The molecule has 0 spiro atoms. The number of amides is 1. The van der Waals surface area contributed by atoms with Crippen molar-refractivity contribution in [2.24, 2.45) is 5.73 Å². The lowest BCUT2D eigenvalue weighted by Gasteiger charge is -2.35. The summed E-state index contributed by atoms with van der Waals surface area (Å²) in [6, 6.07) is 7.83. The number of ether oxygens (including phenoxy) is 1. The zero-order chi connectivity index (χ0) is 16.3. The van der Waals surface area contributed by atoms with Crippen LogP contribution in [0.1, 0.15) is 24.1 Å². The lowest BCUT2D eigenvalue weighted by Crippen LogP contribution is -2.51. The zero-order valence-corrected chi connectivity index (χ0v) is 13.1. The largest absolute Gasteiger partial charge is 0.497 e. The van der Waals surface area contributed by atoms with Crippen LogP contribution >= 0.6 is 0 Å². The highest BCUT2D eigenvalue weighted by atomic mass is 16.5. The first-order chi connectivity index (χ1) is 11.2. The molecule has 0 radical (unpaired) electrons. The van der Waals surface area contributed by atoms with Gasteiger partial charge in [-0.05, 0) is 37.1 Å². The summed E-state index contributed by atoms with van der Waals surface area (Å²) in [5.41, 5.74) is 6.63. The third-order valence-corrected chi connectivity index (χ3v) is 4.43. The van der Waals surface area contributed by atoms with Crippen molar-refractivity contribution in [2.45, 2.75) is 24.9 Å². The van der Waals surface area contributed by atoms with Crippen LogP contribution in [0.15, 0.2) is 42.9 Å². The molecule has 1 saturated heterocycles. The number of hydrogen-bond acceptors (Lipinski definition) is 5. The molecule has 0 saturated carbocycles. The smallest absolute Gasteiger partial charge is 0.244 e. The van der Waals surface area contributed by atoms with E-state index in [0.717, 1.165) is 24.3 Å². The van der Waals surface area contributed by atoms with Crippen LogP contribution in [0.2, 0.25) is 0 Å². The van der Waals surface area contributed by atoms with Crippen molar-refractivity contribution in [3.63, 3.8) is 0 Å². The second-order valence-electron chi connectivity index (χ2n) is 5.69. The Kier molecular flexibility index (Phi) is 4.25. The molecule has 23 heavy (non-hydrogen) atoms. The van der Waals surface area contributed by atoms with Gasteiger partial charge in [0, 0.05) is 18.9 Å². The van der Waals surface area contributed by atoms with E-state index in [-0.39, 0.29) is 5.91 Å². The number of likely N-dealkylation sites (tertiary alicyclic amines) is 1. The van der Waals surface area contributed by atoms with Crippen molar-refractivity contribution in [1.82, 2.24) is 14.9 Å². The molecule has 1 aromatic heterocycles. The Morgan fingerprint density at radius 2 is 2.13 bits per heavy atom. The van der Waals surface area contributed by atoms with Gasteiger partial charge in [-0.2, -0.15) is 0 Å². The number of hydrogen-bond donors (Lipinski definition) is 1. The average molecular weight is 312 g/mol. The second-order valence-corrected chi connectivity index (χ2v) is 5.69. The monoisotopic (exact) mass is 312 g/mol. The first-order valence-corrected chi connectivity index (χ1v) is 7.61. The van der Waals surface area contributed by atoms with E-state index < -0.39 is 5.54 Å². The minimum absolute atomic E-state index is 0.371. The lowest BCUT2D eigenvalue weighted by molar-refractivity contribution is -0.129. The summed E-state index contributed by atoms with van der Waals surface area (Å²) in [4.78, 5) is 22.9. The van der Waals surface area contributed by atoms with Gasteiger partial charge >= 0.3 is 0 Å². The number of rotatable bonds is 5. The molecule has 6 nitrogen and oxygen atoms in total. The summed E-state index contributed by atoms with van der Waals surface area (Å²) in [5.74, 6) is 0.439. The number of benzene rings is 1. The van der Waals surface area contributed by atoms with Crippen LogP contribution in [0.3, 0.4) is 0 Å². The van der Waals surface area contributed by atoms with E-state index in [9.17, 15) is 4.79 Å². The standard InChI is InChI=1S/C17H20N4O2/c1-23-14-5-3-13(4-6-14)12-21-10-2-7-17(21,16(18)22)15-11-19-8-9-20-15/h3-6,8-9,11H,2,7,10,12H2,1H3,(H2,18,22)/t17-/m1/s1. The van der Waals surface area contributed by atoms with Gasteiger partial charge in [-0.3, -0.25) is 19.7 Å². The van der Waals surface area contributed by atoms with Crippen LogP contribution in [0.4, 0.5) is 0 Å². The molecule has 2 N–H and O–H groups in total. The van der Waals surface area contributed by atoms with Crippen LogP contribution in [0.5, 0.6) is 5.75 Å². The molecule has 1 atom stereocenters. The summed E-state index contributed by atoms with van der Waals surface area (Å²) in [5, 5.41) is 0. The van der Waals surface area contributed by atoms with Crippen molar-refractivity contribution in [3.8, 4) is 5.75 Å². The average Bonchev–Trinajstić information content (AvgIpc) is 3.01. The lowest BCUT2D eigenvalue weighted by atomic mass is 9.91. The van der Waals surface area contributed by atoms with Gasteiger partial charge in [-0.25, -0.2) is 0 Å². The summed E-state index contributed by atoms with van der Waals surface area (Å²) < 4.78 is 5.18. The van der Waals surface area contributed by atoms with Crippen molar-refractivity contribution in [1.29, 1.82) is 0 Å². The molecular formula is C17H20N4O2. The number of aromatic nitrogens is 2. The summed E-state index contributed by atoms with van der Waals surface area (Å²) >= 11 is 0. The van der Waals surface area contributed by atoms with Gasteiger partial charge in [0.25, 0.3) is 0 Å². The number of carbonyl (C=O) groups is 1. The van der Waals surface area contributed by atoms with Crippen molar-refractivity contribution in [3.05, 3.63) is 54.1 Å². The number of carbonyl (C=O) groups excluding carboxylic acids is 1. The highest BCUT2D eigenvalue weighted by molar-refractivity contribution is 5.86. The van der Waals surface area contributed by atoms with Gasteiger partial charge in [-0.15, -0.1) is 0 Å². The van der Waals surface area contributed by atoms with Crippen LogP contribution in [-0.2, 0) is 16.9 Å². The molecule has 6 heteroatoms. The Bertz CT molecular complexity index is 675. The normalized spacial score (nSPS) is 21.3. The summed E-state index contributed by atoms with van der Waals surface area (Å²) in [6.45, 7) is 1.43. The van der Waals surface area contributed by atoms with Gasteiger partial charge in [0.2, 0.25) is 5.91 Å². The fourth-order valence-electron chi connectivity index (χ4n) is 3.25. The van der Waals surface area contributed by atoms with Gasteiger partial charge in [0.05, 0.1) is 19.0 Å². The maximum atomic E-state index is 12.3. The summed E-state index contributed by atoms with van der Waals surface area (Å²) in [7, 11) is 1.64. The molecule has 120 valence electrons. The Balaban J connectivity index is 1.91. The number of nitrogens with zero attached hydrogens (tertiary/aromatic N) is 3. The topological polar surface area (TPSA) is 81.3 Å². The molecule has 1 aliphatic rings. The number of methoxy groups -OCH3 is 1. The van der Waals surface area contributed by atoms with Crippen molar-refractivity contribution >= 4 is 5.91 Å². The Labute approximate surface area is 135 Å². The molecule has 1 aliphatic heterocycles. The van der Waals surface area contributed by atoms with E-state index in [1.54, 1.807) is 25.7 Å². The van der Waals surface area contributed by atoms with E-state index in [4.69, 9.17) is 10.5 Å². The molecule has 3 rings (SSSR count). The first kappa shape index (κ1) is 15.4. The van der Waals surface area contributed by atoms with E-state index in [2.05, 4.69) is 14.9 Å². The molecule has 1 amide bonds. The van der Waals surface area contributed by atoms with Crippen LogP contribution in [-0.4, -0.2) is 34.4 Å². The molecule has 2 aromatic rings. The zero-order valence-electron chi connectivity index (χ0n) is 13.1. The maximum absolute atomic E-state index is 12.3. The highest BCUT2D eigenvalue weighted by Crippen LogP contribution is 2.38. The SMILES string of the molecule is COc1ccc(CN2CCC[C@]2(C(N)=O)c2cnccn2)cc1. The van der Waals surface area contributed by atoms with E-state index >= 15 is 0 Å². The second kappa shape index (κ2) is 6.34. The molecule has 1 fully saturated rings. The van der Waals surface area contributed by atoms with Crippen molar-refractivity contribution in [2.75, 3.05) is 13.7 Å². The van der Waals surface area contributed by atoms with Gasteiger partial charge in [0.15, 0.2) is 0 Å². The number of nitrogens with two attached hydrogens (primary N) is 1. The molecular weight excluding hydrogens is 292 g/mol. The first-order valence-electron chi connectivity index (χ1n) is 7.61. The number of primary amides is 1. The van der Waals surface area contributed by atoms with Crippen LogP contribution in [0.25, 0.3) is 0 Å². The fourth-order valence-corrected chi connectivity index (χ4v) is 3.25. The minimum atomic E-state index is -0.881. The van der Waals surface area contributed by atoms with E-state index in [1.165, 1.54) is 0 Å². The third kappa shape index (κ3) is 2.77. The molecule has 0 unspecified atom stereocenters. The molecule has 0 aliphatic carbocycles. The fraction of sp³-hybridized carbons (Fsp3) is 0.353. The van der Waals surface area contributed by atoms with Gasteiger partial charge < -0.3 is 10.5 Å². The quantitative estimate of drug-likeness (QED) is 0.904. The predicted molar refractivity (Wildman–Crippen MR) is 85.5 cm³/mol. The molecule has 1 aromatic carbocycles. The maximum Gasteiger partial charge on any atom is 0.244 e.